The molecular weight excluding hydrogens is 400 g/mol. The Morgan fingerprint density at radius 2 is 0.969 bits per heavy atom. The van der Waals surface area contributed by atoms with E-state index >= 15 is 0 Å². The zero-order chi connectivity index (χ0) is 22.2. The molecule has 4 heteroatoms. The smallest absolute Gasteiger partial charge is 0.113 e. The minimum atomic E-state index is -0.766. The molecule has 1 N–H and O–H groups in total. The first-order valence-corrected chi connectivity index (χ1v) is 11.0. The standard InChI is InChI=1S/C28H30O4/c1-2-24-25(29)27(31-19-22-14-8-4-9-15-22)28(32-20-23-16-10-5-11-17-23)26(24)30-18-21-12-6-3-7-13-21/h2-17,24-29H,1,18-20H2/t24-,25-,26-,27-,28+/m1/s1. The topological polar surface area (TPSA) is 47.9 Å². The minimum absolute atomic E-state index is 0.291. The van der Waals surface area contributed by atoms with Crippen LogP contribution < -0.4 is 0 Å². The van der Waals surface area contributed by atoms with Crippen molar-refractivity contribution < 1.29 is 19.3 Å². The zero-order valence-electron chi connectivity index (χ0n) is 18.1. The summed E-state index contributed by atoms with van der Waals surface area (Å²) < 4.78 is 18.9. The first-order chi connectivity index (χ1) is 15.8. The van der Waals surface area contributed by atoms with E-state index in [-0.39, 0.29) is 12.0 Å². The summed E-state index contributed by atoms with van der Waals surface area (Å²) in [7, 11) is 0. The summed E-state index contributed by atoms with van der Waals surface area (Å²) in [5, 5.41) is 11.1. The minimum Gasteiger partial charge on any atom is -0.390 e. The third-order valence-electron chi connectivity index (χ3n) is 5.89. The van der Waals surface area contributed by atoms with Crippen molar-refractivity contribution >= 4 is 0 Å². The molecule has 1 aliphatic rings. The summed E-state index contributed by atoms with van der Waals surface area (Å²) in [6.45, 7) is 5.19. The summed E-state index contributed by atoms with van der Waals surface area (Å²) in [6.07, 6.45) is -0.335. The van der Waals surface area contributed by atoms with Gasteiger partial charge in [-0.3, -0.25) is 0 Å². The SMILES string of the molecule is C=C[C@@H]1[C@@H](O)[C@@H](OCc2ccccc2)[C@@H](OCc2ccccc2)[C@@H]1OCc1ccccc1. The molecule has 4 rings (SSSR count). The van der Waals surface area contributed by atoms with Gasteiger partial charge in [-0.05, 0) is 16.7 Å². The second-order valence-electron chi connectivity index (χ2n) is 8.09. The Kier molecular flexibility index (Phi) is 7.86. The van der Waals surface area contributed by atoms with E-state index in [1.54, 1.807) is 6.08 Å². The predicted octanol–water partition coefficient (Wildman–Crippen LogP) is 4.92. The number of ether oxygens (including phenoxy) is 3. The fourth-order valence-electron chi connectivity index (χ4n) is 4.18. The normalized spacial score (nSPS) is 25.0. The van der Waals surface area contributed by atoms with Crippen molar-refractivity contribution in [1.29, 1.82) is 0 Å². The molecule has 0 radical (unpaired) electrons. The molecule has 0 heterocycles. The van der Waals surface area contributed by atoms with E-state index in [1.807, 2.05) is 91.0 Å². The lowest BCUT2D eigenvalue weighted by atomic mass is 10.0. The van der Waals surface area contributed by atoms with Crippen LogP contribution in [0.15, 0.2) is 104 Å². The maximum Gasteiger partial charge on any atom is 0.113 e. The molecule has 3 aromatic carbocycles. The van der Waals surface area contributed by atoms with Gasteiger partial charge in [0.25, 0.3) is 0 Å². The molecule has 0 amide bonds. The van der Waals surface area contributed by atoms with Gasteiger partial charge in [0.1, 0.15) is 12.2 Å². The lowest BCUT2D eigenvalue weighted by Gasteiger charge is -2.26. The van der Waals surface area contributed by atoms with Crippen molar-refractivity contribution in [3.05, 3.63) is 120 Å². The van der Waals surface area contributed by atoms with Gasteiger partial charge in [0.05, 0.1) is 32.0 Å². The summed E-state index contributed by atoms with van der Waals surface area (Å²) >= 11 is 0. The van der Waals surface area contributed by atoms with Crippen molar-refractivity contribution in [3.63, 3.8) is 0 Å². The summed E-state index contributed by atoms with van der Waals surface area (Å²) in [5.41, 5.74) is 3.18. The molecule has 1 aliphatic carbocycles. The van der Waals surface area contributed by atoms with Crippen molar-refractivity contribution in [2.75, 3.05) is 0 Å². The molecule has 5 atom stereocenters. The van der Waals surface area contributed by atoms with Gasteiger partial charge in [-0.2, -0.15) is 0 Å². The van der Waals surface area contributed by atoms with E-state index in [4.69, 9.17) is 14.2 Å². The lowest BCUT2D eigenvalue weighted by molar-refractivity contribution is -0.134. The van der Waals surface area contributed by atoms with Crippen LogP contribution in [0, 0.1) is 5.92 Å². The highest BCUT2D eigenvalue weighted by atomic mass is 16.6. The van der Waals surface area contributed by atoms with Crippen molar-refractivity contribution in [2.24, 2.45) is 5.92 Å². The van der Waals surface area contributed by atoms with Crippen molar-refractivity contribution in [3.8, 4) is 0 Å². The summed E-state index contributed by atoms with van der Waals surface area (Å²) in [5.74, 6) is -0.291. The average Bonchev–Trinajstić information content (AvgIpc) is 3.11. The van der Waals surface area contributed by atoms with Crippen molar-refractivity contribution in [2.45, 2.75) is 44.2 Å². The molecule has 0 aromatic heterocycles. The van der Waals surface area contributed by atoms with Crippen molar-refractivity contribution in [1.82, 2.24) is 0 Å². The molecule has 166 valence electrons. The number of benzene rings is 3. The Labute approximate surface area is 190 Å². The van der Waals surface area contributed by atoms with Gasteiger partial charge >= 0.3 is 0 Å². The molecule has 0 spiro atoms. The Bertz CT molecular complexity index is 945. The van der Waals surface area contributed by atoms with Gasteiger partial charge in [-0.1, -0.05) is 97.1 Å². The van der Waals surface area contributed by atoms with Gasteiger partial charge < -0.3 is 19.3 Å². The van der Waals surface area contributed by atoms with E-state index in [0.717, 1.165) is 16.7 Å². The van der Waals surface area contributed by atoms with E-state index in [0.29, 0.717) is 19.8 Å². The number of hydrogen-bond acceptors (Lipinski definition) is 4. The second kappa shape index (κ2) is 11.2. The van der Waals surface area contributed by atoms with Crippen LogP contribution in [0.5, 0.6) is 0 Å². The Morgan fingerprint density at radius 1 is 0.594 bits per heavy atom. The molecule has 4 nitrogen and oxygen atoms in total. The van der Waals surface area contributed by atoms with Gasteiger partial charge in [-0.15, -0.1) is 6.58 Å². The predicted molar refractivity (Wildman–Crippen MR) is 125 cm³/mol. The quantitative estimate of drug-likeness (QED) is 0.464. The van der Waals surface area contributed by atoms with Crippen LogP contribution >= 0.6 is 0 Å². The molecule has 0 aliphatic heterocycles. The summed E-state index contributed by atoms with van der Waals surface area (Å²) in [4.78, 5) is 0. The molecule has 1 fully saturated rings. The molecule has 1 saturated carbocycles. The second-order valence-corrected chi connectivity index (χ2v) is 8.09. The van der Waals surface area contributed by atoms with E-state index in [2.05, 4.69) is 6.58 Å². The Balaban J connectivity index is 1.52. The third kappa shape index (κ3) is 5.53. The van der Waals surface area contributed by atoms with Crippen LogP contribution in [-0.2, 0) is 34.0 Å². The maximum atomic E-state index is 11.1. The van der Waals surface area contributed by atoms with E-state index in [9.17, 15) is 5.11 Å². The van der Waals surface area contributed by atoms with Crippen LogP contribution in [0.1, 0.15) is 16.7 Å². The molecule has 0 saturated heterocycles. The fourth-order valence-corrected chi connectivity index (χ4v) is 4.18. The van der Waals surface area contributed by atoms with Gasteiger partial charge in [0.2, 0.25) is 0 Å². The Hall–Kier alpha value is -2.76. The van der Waals surface area contributed by atoms with Crippen LogP contribution in [0.2, 0.25) is 0 Å². The highest BCUT2D eigenvalue weighted by Crippen LogP contribution is 2.36. The van der Waals surface area contributed by atoms with Crippen LogP contribution in [0.4, 0.5) is 0 Å². The maximum absolute atomic E-state index is 11.1. The average molecular weight is 431 g/mol. The van der Waals surface area contributed by atoms with Gasteiger partial charge in [-0.25, -0.2) is 0 Å². The third-order valence-corrected chi connectivity index (χ3v) is 5.89. The van der Waals surface area contributed by atoms with Crippen LogP contribution in [0.3, 0.4) is 0 Å². The van der Waals surface area contributed by atoms with Gasteiger partial charge in [0, 0.05) is 5.92 Å². The zero-order valence-corrected chi connectivity index (χ0v) is 18.1. The number of aliphatic hydroxyl groups excluding tert-OH is 1. The largest absolute Gasteiger partial charge is 0.390 e. The molecule has 32 heavy (non-hydrogen) atoms. The van der Waals surface area contributed by atoms with Crippen LogP contribution in [-0.4, -0.2) is 29.5 Å². The number of hydrogen-bond donors (Lipinski definition) is 1. The fraction of sp³-hybridized carbons (Fsp3) is 0.286. The summed E-state index contributed by atoms with van der Waals surface area (Å²) in [6, 6.07) is 30.0. The highest BCUT2D eigenvalue weighted by molar-refractivity contribution is 5.17. The monoisotopic (exact) mass is 430 g/mol. The molecular formula is C28H30O4. The van der Waals surface area contributed by atoms with E-state index in [1.165, 1.54) is 0 Å². The van der Waals surface area contributed by atoms with E-state index < -0.39 is 18.3 Å². The number of rotatable bonds is 10. The molecule has 0 bridgehead atoms. The van der Waals surface area contributed by atoms with Gasteiger partial charge in [0.15, 0.2) is 0 Å². The molecule has 0 unspecified atom stereocenters. The van der Waals surface area contributed by atoms with Crippen LogP contribution in [0.25, 0.3) is 0 Å². The first-order valence-electron chi connectivity index (χ1n) is 11.0. The first kappa shape index (κ1) is 22.4. The molecule has 3 aromatic rings. The number of aliphatic hydroxyl groups is 1. The highest BCUT2D eigenvalue weighted by Gasteiger charge is 2.51. The lowest BCUT2D eigenvalue weighted by Crippen LogP contribution is -2.38. The Morgan fingerprint density at radius 3 is 1.38 bits per heavy atom.